The quantitative estimate of drug-likeness (QED) is 0.757. The van der Waals surface area contributed by atoms with Crippen molar-refractivity contribution in [2.24, 2.45) is 0 Å². The first-order chi connectivity index (χ1) is 9.70. The molecule has 0 N–H and O–H groups in total. The Labute approximate surface area is 121 Å². The number of ether oxygens (including phenoxy) is 1. The number of rotatable bonds is 6. The van der Waals surface area contributed by atoms with E-state index in [1.165, 1.54) is 7.11 Å². The zero-order valence-corrected chi connectivity index (χ0v) is 12.2. The zero-order chi connectivity index (χ0) is 14.4. The Morgan fingerprint density at radius 1 is 1.40 bits per heavy atom. The van der Waals surface area contributed by atoms with Crippen molar-refractivity contribution >= 4 is 17.7 Å². The number of para-hydroxylation sites is 1. The van der Waals surface area contributed by atoms with Crippen LogP contribution in [0.15, 0.2) is 30.3 Å². The second kappa shape index (κ2) is 7.04. The van der Waals surface area contributed by atoms with Crippen LogP contribution in [0.2, 0.25) is 0 Å². The molecule has 1 heterocycles. The van der Waals surface area contributed by atoms with Crippen molar-refractivity contribution in [3.05, 3.63) is 36.2 Å². The van der Waals surface area contributed by atoms with Gasteiger partial charge in [-0.2, -0.15) is 16.4 Å². The molecule has 1 aromatic heterocycles. The molecule has 106 valence electrons. The molecule has 1 aromatic carbocycles. The van der Waals surface area contributed by atoms with Crippen molar-refractivity contribution in [1.82, 2.24) is 20.2 Å². The molecule has 2 aromatic rings. The number of thioether (sulfide) groups is 1. The van der Waals surface area contributed by atoms with Crippen LogP contribution in [0.1, 0.15) is 19.2 Å². The SMILES string of the molecule is COC(=O)CC(C)SCc1nnnn1-c1ccccc1. The van der Waals surface area contributed by atoms with Gasteiger partial charge < -0.3 is 4.74 Å². The maximum atomic E-state index is 11.2. The number of carbonyl (C=O) groups is 1. The largest absolute Gasteiger partial charge is 0.469 e. The number of methoxy groups -OCH3 is 1. The predicted octanol–water partition coefficient (Wildman–Crippen LogP) is 1.85. The van der Waals surface area contributed by atoms with Crippen LogP contribution in [-0.2, 0) is 15.3 Å². The van der Waals surface area contributed by atoms with Crippen molar-refractivity contribution in [3.63, 3.8) is 0 Å². The summed E-state index contributed by atoms with van der Waals surface area (Å²) in [6.07, 6.45) is 0.383. The van der Waals surface area contributed by atoms with Crippen LogP contribution >= 0.6 is 11.8 Å². The highest BCUT2D eigenvalue weighted by Crippen LogP contribution is 2.20. The van der Waals surface area contributed by atoms with E-state index < -0.39 is 0 Å². The molecule has 0 bridgehead atoms. The summed E-state index contributed by atoms with van der Waals surface area (Å²) in [6.45, 7) is 1.98. The molecule has 0 saturated carbocycles. The number of nitrogens with zero attached hydrogens (tertiary/aromatic N) is 4. The first-order valence-electron chi connectivity index (χ1n) is 6.22. The predicted molar refractivity (Wildman–Crippen MR) is 76.5 cm³/mol. The number of tetrazole rings is 1. The molecule has 0 aliphatic carbocycles. The highest BCUT2D eigenvalue weighted by atomic mass is 32.2. The van der Waals surface area contributed by atoms with E-state index in [9.17, 15) is 4.79 Å². The zero-order valence-electron chi connectivity index (χ0n) is 11.4. The Morgan fingerprint density at radius 3 is 2.85 bits per heavy atom. The Morgan fingerprint density at radius 2 is 2.15 bits per heavy atom. The third-order valence-corrected chi connectivity index (χ3v) is 3.87. The van der Waals surface area contributed by atoms with Crippen LogP contribution in [-0.4, -0.2) is 38.5 Å². The molecular weight excluding hydrogens is 276 g/mol. The standard InChI is InChI=1S/C13H16N4O2S/c1-10(8-13(18)19-2)20-9-12-14-15-16-17(12)11-6-4-3-5-7-11/h3-7,10H,8-9H2,1-2H3. The van der Waals surface area contributed by atoms with E-state index in [-0.39, 0.29) is 11.2 Å². The number of benzene rings is 1. The van der Waals surface area contributed by atoms with Gasteiger partial charge >= 0.3 is 5.97 Å². The molecule has 1 unspecified atom stereocenters. The molecule has 0 saturated heterocycles. The first kappa shape index (κ1) is 14.5. The second-order valence-electron chi connectivity index (χ2n) is 4.24. The van der Waals surface area contributed by atoms with E-state index in [1.54, 1.807) is 16.4 Å². The lowest BCUT2D eigenvalue weighted by atomic mass is 10.3. The smallest absolute Gasteiger partial charge is 0.306 e. The van der Waals surface area contributed by atoms with E-state index in [0.717, 1.165) is 11.5 Å². The van der Waals surface area contributed by atoms with Gasteiger partial charge in [-0.1, -0.05) is 25.1 Å². The lowest BCUT2D eigenvalue weighted by Crippen LogP contribution is -2.10. The monoisotopic (exact) mass is 292 g/mol. The maximum Gasteiger partial charge on any atom is 0.306 e. The van der Waals surface area contributed by atoms with Crippen LogP contribution in [0.3, 0.4) is 0 Å². The van der Waals surface area contributed by atoms with E-state index in [4.69, 9.17) is 0 Å². The summed E-state index contributed by atoms with van der Waals surface area (Å²) in [5, 5.41) is 11.9. The minimum absolute atomic E-state index is 0.156. The highest BCUT2D eigenvalue weighted by Gasteiger charge is 2.13. The van der Waals surface area contributed by atoms with Gasteiger partial charge in [0.1, 0.15) is 0 Å². The van der Waals surface area contributed by atoms with Crippen LogP contribution < -0.4 is 0 Å². The molecule has 0 spiro atoms. The molecule has 1 atom stereocenters. The van der Waals surface area contributed by atoms with Crippen LogP contribution in [0, 0.1) is 0 Å². The van der Waals surface area contributed by atoms with Gasteiger partial charge in [-0.3, -0.25) is 4.79 Å². The molecule has 0 aliphatic heterocycles. The summed E-state index contributed by atoms with van der Waals surface area (Å²) >= 11 is 1.62. The fourth-order valence-electron chi connectivity index (χ4n) is 1.66. The van der Waals surface area contributed by atoms with E-state index in [2.05, 4.69) is 20.3 Å². The third kappa shape index (κ3) is 3.80. The minimum atomic E-state index is -0.201. The molecule has 0 fully saturated rings. The molecular formula is C13H16N4O2S. The second-order valence-corrected chi connectivity index (χ2v) is 5.67. The van der Waals surface area contributed by atoms with Crippen molar-refractivity contribution in [3.8, 4) is 5.69 Å². The fourth-order valence-corrected chi connectivity index (χ4v) is 2.53. The molecule has 0 amide bonds. The Balaban J connectivity index is 1.98. The maximum absolute atomic E-state index is 11.2. The van der Waals surface area contributed by atoms with Crippen molar-refractivity contribution in [1.29, 1.82) is 0 Å². The number of hydrogen-bond acceptors (Lipinski definition) is 6. The van der Waals surface area contributed by atoms with Gasteiger partial charge in [0.15, 0.2) is 5.82 Å². The molecule has 0 radical (unpaired) electrons. The summed E-state index contributed by atoms with van der Waals surface area (Å²) in [5.41, 5.74) is 0.925. The Hall–Kier alpha value is -1.89. The van der Waals surface area contributed by atoms with E-state index >= 15 is 0 Å². The minimum Gasteiger partial charge on any atom is -0.469 e. The summed E-state index contributed by atoms with van der Waals surface area (Å²) in [5.74, 6) is 1.20. The molecule has 20 heavy (non-hydrogen) atoms. The molecule has 0 aliphatic rings. The van der Waals surface area contributed by atoms with Gasteiger partial charge in [-0.05, 0) is 22.6 Å². The molecule has 7 heteroatoms. The summed E-state index contributed by atoms with van der Waals surface area (Å²) in [4.78, 5) is 11.2. The molecule has 2 rings (SSSR count). The van der Waals surface area contributed by atoms with Gasteiger partial charge in [0.25, 0.3) is 0 Å². The highest BCUT2D eigenvalue weighted by molar-refractivity contribution is 7.99. The Bertz CT molecular complexity index is 559. The topological polar surface area (TPSA) is 69.9 Å². The normalized spacial score (nSPS) is 12.1. The summed E-state index contributed by atoms with van der Waals surface area (Å²) in [7, 11) is 1.40. The fraction of sp³-hybridized carbons (Fsp3) is 0.385. The number of aromatic nitrogens is 4. The van der Waals surface area contributed by atoms with Crippen molar-refractivity contribution < 1.29 is 9.53 Å². The number of esters is 1. The van der Waals surface area contributed by atoms with Crippen molar-refractivity contribution in [2.45, 2.75) is 24.3 Å². The van der Waals surface area contributed by atoms with Crippen molar-refractivity contribution in [2.75, 3.05) is 7.11 Å². The number of carbonyl (C=O) groups excluding carboxylic acids is 1. The van der Waals surface area contributed by atoms with Crippen LogP contribution in [0.4, 0.5) is 0 Å². The Kier molecular flexibility index (Phi) is 5.11. The van der Waals surface area contributed by atoms with Gasteiger partial charge in [0.05, 0.1) is 25.0 Å². The average Bonchev–Trinajstić information content (AvgIpc) is 2.94. The van der Waals surface area contributed by atoms with Crippen LogP contribution in [0.5, 0.6) is 0 Å². The average molecular weight is 292 g/mol. The van der Waals surface area contributed by atoms with Crippen LogP contribution in [0.25, 0.3) is 5.69 Å². The summed E-state index contributed by atoms with van der Waals surface area (Å²) < 4.78 is 6.36. The lowest BCUT2D eigenvalue weighted by Gasteiger charge is -2.09. The lowest BCUT2D eigenvalue weighted by molar-refractivity contribution is -0.140. The number of hydrogen-bond donors (Lipinski definition) is 0. The van der Waals surface area contributed by atoms with Gasteiger partial charge in [-0.15, -0.1) is 5.10 Å². The van der Waals surface area contributed by atoms with E-state index in [1.807, 2.05) is 37.3 Å². The van der Waals surface area contributed by atoms with Gasteiger partial charge in [-0.25, -0.2) is 0 Å². The van der Waals surface area contributed by atoms with E-state index in [0.29, 0.717) is 12.2 Å². The molecule has 6 nitrogen and oxygen atoms in total. The third-order valence-electron chi connectivity index (χ3n) is 2.71. The van der Waals surface area contributed by atoms with Gasteiger partial charge in [0.2, 0.25) is 0 Å². The first-order valence-corrected chi connectivity index (χ1v) is 7.26. The van der Waals surface area contributed by atoms with Gasteiger partial charge in [0, 0.05) is 5.25 Å². The summed E-state index contributed by atoms with van der Waals surface area (Å²) in [6, 6.07) is 9.72.